The van der Waals surface area contributed by atoms with E-state index in [1.165, 1.54) is 5.56 Å². The highest BCUT2D eigenvalue weighted by Crippen LogP contribution is 2.21. The number of hydrogen-bond acceptors (Lipinski definition) is 2. The molecule has 1 aromatic rings. The molecule has 14 heavy (non-hydrogen) atoms. The molecule has 0 saturated carbocycles. The van der Waals surface area contributed by atoms with Gasteiger partial charge in [-0.25, -0.2) is 0 Å². The highest BCUT2D eigenvalue weighted by atomic mass is 79.9. The topological polar surface area (TPSA) is 38.0 Å². The van der Waals surface area contributed by atoms with Crippen LogP contribution < -0.4 is 11.1 Å². The van der Waals surface area contributed by atoms with Crippen LogP contribution in [0.1, 0.15) is 12.5 Å². The molecule has 78 valence electrons. The third kappa shape index (κ3) is 3.69. The fourth-order valence-corrected chi connectivity index (χ4v) is 2.22. The van der Waals surface area contributed by atoms with Crippen molar-refractivity contribution in [2.75, 3.05) is 6.54 Å². The van der Waals surface area contributed by atoms with Crippen LogP contribution in [0.5, 0.6) is 0 Å². The molecule has 0 fully saturated rings. The number of nitrogens with two attached hydrogens (primary N) is 1. The molecule has 0 amide bonds. The summed E-state index contributed by atoms with van der Waals surface area (Å²) in [6, 6.07) is 6.52. The molecule has 0 aliphatic rings. The summed E-state index contributed by atoms with van der Waals surface area (Å²) in [5, 5.41) is 3.34. The second-order valence-corrected chi connectivity index (χ2v) is 5.02. The third-order valence-corrected chi connectivity index (χ3v) is 3.24. The highest BCUT2D eigenvalue weighted by molar-refractivity contribution is 9.11. The van der Waals surface area contributed by atoms with Crippen molar-refractivity contribution in [3.05, 3.63) is 32.7 Å². The standard InChI is InChI=1S/C10H14Br2N2/c1-7(5-13)14-6-8-2-3-9(11)4-10(8)12/h2-4,7,14H,5-6,13H2,1H3/t7-/m1/s1. The molecule has 1 aromatic carbocycles. The first kappa shape index (κ1) is 12.2. The van der Waals surface area contributed by atoms with E-state index in [1.54, 1.807) is 0 Å². The van der Waals surface area contributed by atoms with Crippen LogP contribution >= 0.6 is 31.9 Å². The Hall–Kier alpha value is 0.1000. The smallest absolute Gasteiger partial charge is 0.0231 e. The van der Waals surface area contributed by atoms with Gasteiger partial charge in [0.1, 0.15) is 0 Å². The zero-order valence-corrected chi connectivity index (χ0v) is 11.2. The lowest BCUT2D eigenvalue weighted by atomic mass is 10.2. The number of benzene rings is 1. The lowest BCUT2D eigenvalue weighted by Crippen LogP contribution is -2.32. The Morgan fingerprint density at radius 3 is 2.71 bits per heavy atom. The van der Waals surface area contributed by atoms with Gasteiger partial charge in [-0.2, -0.15) is 0 Å². The first-order valence-electron chi connectivity index (χ1n) is 4.51. The number of hydrogen-bond donors (Lipinski definition) is 2. The molecule has 2 nitrogen and oxygen atoms in total. The zero-order chi connectivity index (χ0) is 10.6. The van der Waals surface area contributed by atoms with E-state index < -0.39 is 0 Å². The van der Waals surface area contributed by atoms with Crippen molar-refractivity contribution in [3.63, 3.8) is 0 Å². The average molecular weight is 322 g/mol. The Kier molecular flexibility index (Phi) is 5.09. The Bertz CT molecular complexity index is 302. The second kappa shape index (κ2) is 5.85. The summed E-state index contributed by atoms with van der Waals surface area (Å²) in [4.78, 5) is 0. The molecule has 0 aliphatic heterocycles. The van der Waals surface area contributed by atoms with Crippen LogP contribution in [0.2, 0.25) is 0 Å². The molecule has 1 atom stereocenters. The summed E-state index contributed by atoms with van der Waals surface area (Å²) in [5.41, 5.74) is 6.76. The Morgan fingerprint density at radius 2 is 2.14 bits per heavy atom. The van der Waals surface area contributed by atoms with E-state index in [0.29, 0.717) is 12.6 Å². The molecule has 4 heteroatoms. The lowest BCUT2D eigenvalue weighted by molar-refractivity contribution is 0.555. The summed E-state index contributed by atoms with van der Waals surface area (Å²) >= 11 is 6.94. The van der Waals surface area contributed by atoms with Gasteiger partial charge < -0.3 is 11.1 Å². The van der Waals surface area contributed by atoms with Gasteiger partial charge in [-0.1, -0.05) is 37.9 Å². The van der Waals surface area contributed by atoms with Crippen molar-refractivity contribution >= 4 is 31.9 Å². The van der Waals surface area contributed by atoms with Crippen molar-refractivity contribution in [1.82, 2.24) is 5.32 Å². The SMILES string of the molecule is C[C@H](CN)NCc1ccc(Br)cc1Br. The van der Waals surface area contributed by atoms with Crippen LogP contribution in [0.15, 0.2) is 27.1 Å². The van der Waals surface area contributed by atoms with Crippen LogP contribution in [-0.2, 0) is 6.54 Å². The van der Waals surface area contributed by atoms with E-state index in [0.717, 1.165) is 15.5 Å². The van der Waals surface area contributed by atoms with E-state index in [-0.39, 0.29) is 0 Å². The van der Waals surface area contributed by atoms with Gasteiger partial charge in [-0.3, -0.25) is 0 Å². The van der Waals surface area contributed by atoms with Gasteiger partial charge in [0.2, 0.25) is 0 Å². The number of rotatable bonds is 4. The van der Waals surface area contributed by atoms with Crippen molar-refractivity contribution in [2.45, 2.75) is 19.5 Å². The Morgan fingerprint density at radius 1 is 1.43 bits per heavy atom. The molecule has 3 N–H and O–H groups in total. The van der Waals surface area contributed by atoms with Crippen molar-refractivity contribution in [1.29, 1.82) is 0 Å². The normalized spacial score (nSPS) is 12.9. The molecule has 0 aromatic heterocycles. The third-order valence-electron chi connectivity index (χ3n) is 2.01. The molecular weight excluding hydrogens is 308 g/mol. The minimum absolute atomic E-state index is 0.352. The Labute approximate surface area is 102 Å². The summed E-state index contributed by atoms with van der Waals surface area (Å²) in [6.07, 6.45) is 0. The maximum atomic E-state index is 5.52. The van der Waals surface area contributed by atoms with Crippen LogP contribution in [0.25, 0.3) is 0 Å². The molecule has 1 rings (SSSR count). The molecule has 0 radical (unpaired) electrons. The fraction of sp³-hybridized carbons (Fsp3) is 0.400. The van der Waals surface area contributed by atoms with E-state index in [2.05, 4.69) is 50.2 Å². The van der Waals surface area contributed by atoms with Crippen LogP contribution in [0.3, 0.4) is 0 Å². The minimum Gasteiger partial charge on any atom is -0.329 e. The van der Waals surface area contributed by atoms with E-state index >= 15 is 0 Å². The predicted molar refractivity (Wildman–Crippen MR) is 67.2 cm³/mol. The predicted octanol–water partition coefficient (Wildman–Crippen LogP) is 2.65. The van der Waals surface area contributed by atoms with Gasteiger partial charge in [0.15, 0.2) is 0 Å². The highest BCUT2D eigenvalue weighted by Gasteiger charge is 2.02. The second-order valence-electron chi connectivity index (χ2n) is 3.25. The number of halogens is 2. The number of nitrogens with one attached hydrogen (secondary N) is 1. The van der Waals surface area contributed by atoms with Gasteiger partial charge in [-0.05, 0) is 24.6 Å². The molecule has 0 aliphatic carbocycles. The van der Waals surface area contributed by atoms with Gasteiger partial charge in [0, 0.05) is 28.1 Å². The fourth-order valence-electron chi connectivity index (χ4n) is 1.03. The van der Waals surface area contributed by atoms with Crippen molar-refractivity contribution in [3.8, 4) is 0 Å². The molecule has 0 saturated heterocycles. The largest absolute Gasteiger partial charge is 0.329 e. The summed E-state index contributed by atoms with van der Waals surface area (Å²) in [5.74, 6) is 0. The summed E-state index contributed by atoms with van der Waals surface area (Å²) in [6.45, 7) is 3.58. The van der Waals surface area contributed by atoms with E-state index in [4.69, 9.17) is 5.73 Å². The molecule has 0 heterocycles. The van der Waals surface area contributed by atoms with Crippen LogP contribution in [-0.4, -0.2) is 12.6 Å². The molecular formula is C10H14Br2N2. The molecule has 0 spiro atoms. The first-order valence-corrected chi connectivity index (χ1v) is 6.09. The van der Waals surface area contributed by atoms with Gasteiger partial charge >= 0.3 is 0 Å². The monoisotopic (exact) mass is 320 g/mol. The van der Waals surface area contributed by atoms with Crippen molar-refractivity contribution in [2.24, 2.45) is 5.73 Å². The lowest BCUT2D eigenvalue weighted by Gasteiger charge is -2.12. The first-order chi connectivity index (χ1) is 6.63. The van der Waals surface area contributed by atoms with Crippen LogP contribution in [0.4, 0.5) is 0 Å². The van der Waals surface area contributed by atoms with E-state index in [1.807, 2.05) is 12.1 Å². The van der Waals surface area contributed by atoms with Crippen molar-refractivity contribution < 1.29 is 0 Å². The van der Waals surface area contributed by atoms with Crippen LogP contribution in [0, 0.1) is 0 Å². The maximum absolute atomic E-state index is 5.52. The maximum Gasteiger partial charge on any atom is 0.0231 e. The Balaban J connectivity index is 2.59. The van der Waals surface area contributed by atoms with Gasteiger partial charge in [-0.15, -0.1) is 0 Å². The summed E-state index contributed by atoms with van der Waals surface area (Å²) in [7, 11) is 0. The average Bonchev–Trinajstić information content (AvgIpc) is 2.16. The minimum atomic E-state index is 0.352. The van der Waals surface area contributed by atoms with Gasteiger partial charge in [0.05, 0.1) is 0 Å². The molecule has 0 bridgehead atoms. The van der Waals surface area contributed by atoms with Gasteiger partial charge in [0.25, 0.3) is 0 Å². The van der Waals surface area contributed by atoms with E-state index in [9.17, 15) is 0 Å². The molecule has 0 unspecified atom stereocenters. The zero-order valence-electron chi connectivity index (χ0n) is 8.06. The summed E-state index contributed by atoms with van der Waals surface area (Å²) < 4.78 is 2.20. The quantitative estimate of drug-likeness (QED) is 0.894.